The quantitative estimate of drug-likeness (QED) is 0.355. The summed E-state index contributed by atoms with van der Waals surface area (Å²) >= 11 is 0. The molecule has 140 valence electrons. The molecule has 2 aliphatic rings. The fourth-order valence-electron chi connectivity index (χ4n) is 3.94. The van der Waals surface area contributed by atoms with Gasteiger partial charge in [-0.05, 0) is 31.0 Å². The van der Waals surface area contributed by atoms with E-state index >= 15 is 0 Å². The zero-order valence-electron chi connectivity index (χ0n) is 14.7. The van der Waals surface area contributed by atoms with Crippen molar-refractivity contribution in [3.63, 3.8) is 0 Å². The van der Waals surface area contributed by atoms with Crippen LogP contribution >= 0.6 is 0 Å². The molecule has 1 aliphatic carbocycles. The minimum Gasteiger partial charge on any atom is -0.426 e. The van der Waals surface area contributed by atoms with Crippen molar-refractivity contribution in [2.75, 3.05) is 6.54 Å². The SMILES string of the molecule is O=C(CCN1C(=O)[C@@H]2CCCC[C@H]2C1=O)Oc1ccc2ccc(=O)oc2c1. The van der Waals surface area contributed by atoms with Gasteiger partial charge in [-0.15, -0.1) is 0 Å². The van der Waals surface area contributed by atoms with Crippen molar-refractivity contribution in [2.24, 2.45) is 11.8 Å². The molecular weight excluding hydrogens is 350 g/mol. The Morgan fingerprint density at radius 1 is 1.04 bits per heavy atom. The van der Waals surface area contributed by atoms with Crippen molar-refractivity contribution in [1.29, 1.82) is 0 Å². The number of carbonyl (C=O) groups is 3. The summed E-state index contributed by atoms with van der Waals surface area (Å²) in [6, 6.07) is 7.68. The molecule has 27 heavy (non-hydrogen) atoms. The van der Waals surface area contributed by atoms with Gasteiger partial charge >= 0.3 is 11.6 Å². The van der Waals surface area contributed by atoms with E-state index in [1.54, 1.807) is 18.2 Å². The van der Waals surface area contributed by atoms with Crippen LogP contribution in [0, 0.1) is 11.8 Å². The second-order valence-corrected chi connectivity index (χ2v) is 7.00. The van der Waals surface area contributed by atoms with Crippen molar-refractivity contribution < 1.29 is 23.5 Å². The molecule has 7 nitrogen and oxygen atoms in total. The summed E-state index contributed by atoms with van der Waals surface area (Å²) < 4.78 is 10.3. The summed E-state index contributed by atoms with van der Waals surface area (Å²) in [6.07, 6.45) is 3.35. The third-order valence-electron chi connectivity index (χ3n) is 5.30. The van der Waals surface area contributed by atoms with Gasteiger partial charge in [-0.1, -0.05) is 12.8 Å². The number of rotatable bonds is 4. The van der Waals surface area contributed by atoms with E-state index in [2.05, 4.69) is 0 Å². The predicted molar refractivity (Wildman–Crippen MR) is 94.9 cm³/mol. The monoisotopic (exact) mass is 369 g/mol. The molecule has 2 fully saturated rings. The Bertz CT molecular complexity index is 954. The number of hydrogen-bond donors (Lipinski definition) is 0. The van der Waals surface area contributed by atoms with Crippen LogP contribution in [0.25, 0.3) is 11.0 Å². The summed E-state index contributed by atoms with van der Waals surface area (Å²) in [6.45, 7) is 0.0339. The molecule has 4 rings (SSSR count). The average molecular weight is 369 g/mol. The van der Waals surface area contributed by atoms with Crippen LogP contribution in [0.5, 0.6) is 5.75 Å². The van der Waals surface area contributed by atoms with Gasteiger partial charge < -0.3 is 9.15 Å². The van der Waals surface area contributed by atoms with Crippen molar-refractivity contribution in [2.45, 2.75) is 32.1 Å². The number of hydrogen-bond acceptors (Lipinski definition) is 6. The molecule has 0 N–H and O–H groups in total. The number of carbonyl (C=O) groups excluding carboxylic acids is 3. The Labute approximate surface area is 154 Å². The first-order valence-corrected chi connectivity index (χ1v) is 9.13. The van der Waals surface area contributed by atoms with Gasteiger partial charge in [0.25, 0.3) is 0 Å². The van der Waals surface area contributed by atoms with Gasteiger partial charge in [-0.2, -0.15) is 0 Å². The number of benzene rings is 1. The standard InChI is InChI=1S/C20H19NO6/c22-17-8-6-12-5-7-13(11-16(12)27-17)26-18(23)9-10-21-19(24)14-3-1-2-4-15(14)20(21)25/h5-8,11,14-15H,1-4,9-10H2/t14-,15-/m1/s1. The summed E-state index contributed by atoms with van der Waals surface area (Å²) in [5.41, 5.74) is -0.166. The molecular formula is C20H19NO6. The molecule has 0 unspecified atom stereocenters. The van der Waals surface area contributed by atoms with E-state index in [9.17, 15) is 19.2 Å². The lowest BCUT2D eigenvalue weighted by atomic mass is 9.81. The summed E-state index contributed by atoms with van der Waals surface area (Å²) in [4.78, 5) is 49.5. The van der Waals surface area contributed by atoms with Crippen LogP contribution in [0.3, 0.4) is 0 Å². The first kappa shape index (κ1) is 17.5. The van der Waals surface area contributed by atoms with Crippen LogP contribution in [-0.4, -0.2) is 29.2 Å². The van der Waals surface area contributed by atoms with Crippen LogP contribution in [0.2, 0.25) is 0 Å². The van der Waals surface area contributed by atoms with E-state index < -0.39 is 11.6 Å². The molecule has 1 saturated carbocycles. The van der Waals surface area contributed by atoms with Gasteiger partial charge in [0.2, 0.25) is 11.8 Å². The lowest BCUT2D eigenvalue weighted by Crippen LogP contribution is -2.33. The van der Waals surface area contributed by atoms with Crippen LogP contribution in [0.1, 0.15) is 32.1 Å². The van der Waals surface area contributed by atoms with E-state index in [0.717, 1.165) is 25.7 Å². The molecule has 1 saturated heterocycles. The molecule has 1 aromatic carbocycles. The first-order valence-electron chi connectivity index (χ1n) is 9.13. The van der Waals surface area contributed by atoms with Crippen LogP contribution < -0.4 is 10.4 Å². The van der Waals surface area contributed by atoms with E-state index in [-0.39, 0.29) is 42.4 Å². The Balaban J connectivity index is 1.39. The minimum absolute atomic E-state index is 0.0339. The molecule has 1 aliphatic heterocycles. The Morgan fingerprint density at radius 2 is 1.70 bits per heavy atom. The Hall–Kier alpha value is -2.96. The van der Waals surface area contributed by atoms with Gasteiger partial charge in [0.1, 0.15) is 11.3 Å². The zero-order valence-corrected chi connectivity index (χ0v) is 14.7. The maximum atomic E-state index is 12.4. The van der Waals surface area contributed by atoms with Gasteiger partial charge in [0.15, 0.2) is 0 Å². The molecule has 2 amide bonds. The lowest BCUT2D eigenvalue weighted by molar-refractivity contribution is -0.141. The Morgan fingerprint density at radius 3 is 2.41 bits per heavy atom. The average Bonchev–Trinajstić information content (AvgIpc) is 2.90. The maximum absolute atomic E-state index is 12.4. The first-order chi connectivity index (χ1) is 13.0. The molecule has 0 radical (unpaired) electrons. The molecule has 1 aromatic heterocycles. The highest BCUT2D eigenvalue weighted by Crippen LogP contribution is 2.38. The van der Waals surface area contributed by atoms with Crippen molar-refractivity contribution >= 4 is 28.8 Å². The lowest BCUT2D eigenvalue weighted by Gasteiger charge is -2.19. The minimum atomic E-state index is -0.553. The number of imide groups is 1. The molecule has 0 bridgehead atoms. The highest BCUT2D eigenvalue weighted by molar-refractivity contribution is 6.05. The second-order valence-electron chi connectivity index (χ2n) is 7.00. The normalized spacial score (nSPS) is 22.1. The van der Waals surface area contributed by atoms with Crippen LogP contribution in [0.15, 0.2) is 39.5 Å². The molecule has 0 spiro atoms. The molecule has 7 heteroatoms. The summed E-state index contributed by atoms with van der Waals surface area (Å²) in [7, 11) is 0. The predicted octanol–water partition coefficient (Wildman–Crippen LogP) is 2.26. The fourth-order valence-corrected chi connectivity index (χ4v) is 3.94. The summed E-state index contributed by atoms with van der Waals surface area (Å²) in [5, 5.41) is 0.713. The van der Waals surface area contributed by atoms with E-state index in [0.29, 0.717) is 11.0 Å². The number of ether oxygens (including phenoxy) is 1. The van der Waals surface area contributed by atoms with Gasteiger partial charge in [-0.3, -0.25) is 19.3 Å². The van der Waals surface area contributed by atoms with E-state index in [1.165, 1.54) is 17.0 Å². The smallest absolute Gasteiger partial charge is 0.336 e. The highest BCUT2D eigenvalue weighted by atomic mass is 16.5. The topological polar surface area (TPSA) is 93.9 Å². The van der Waals surface area contributed by atoms with E-state index in [1.807, 2.05) is 0 Å². The molecule has 2 aromatic rings. The molecule has 2 atom stereocenters. The van der Waals surface area contributed by atoms with Crippen molar-refractivity contribution in [3.05, 3.63) is 40.8 Å². The number of fused-ring (bicyclic) bond motifs is 2. The molecule has 2 heterocycles. The maximum Gasteiger partial charge on any atom is 0.336 e. The Kier molecular flexibility index (Phi) is 4.51. The van der Waals surface area contributed by atoms with Gasteiger partial charge in [-0.25, -0.2) is 4.79 Å². The van der Waals surface area contributed by atoms with E-state index in [4.69, 9.17) is 9.15 Å². The zero-order chi connectivity index (χ0) is 19.0. The largest absolute Gasteiger partial charge is 0.426 e. The van der Waals surface area contributed by atoms with Crippen LogP contribution in [-0.2, 0) is 14.4 Å². The van der Waals surface area contributed by atoms with Gasteiger partial charge in [0.05, 0.1) is 18.3 Å². The number of likely N-dealkylation sites (tertiary alicyclic amines) is 1. The van der Waals surface area contributed by atoms with Crippen molar-refractivity contribution in [3.8, 4) is 5.75 Å². The second kappa shape index (κ2) is 6.98. The fraction of sp³-hybridized carbons (Fsp3) is 0.400. The summed E-state index contributed by atoms with van der Waals surface area (Å²) in [5.74, 6) is -1.07. The third kappa shape index (κ3) is 3.37. The number of esters is 1. The van der Waals surface area contributed by atoms with Gasteiger partial charge in [0, 0.05) is 24.1 Å². The number of amides is 2. The number of nitrogens with zero attached hydrogens (tertiary/aromatic N) is 1. The van der Waals surface area contributed by atoms with Crippen LogP contribution in [0.4, 0.5) is 0 Å². The highest BCUT2D eigenvalue weighted by Gasteiger charge is 2.47. The van der Waals surface area contributed by atoms with Crippen molar-refractivity contribution in [1.82, 2.24) is 4.90 Å². The third-order valence-corrected chi connectivity index (χ3v) is 5.30.